The number of benzene rings is 1. The molecule has 0 radical (unpaired) electrons. The molecule has 1 rings (SSSR count). The molecule has 2 unspecified atom stereocenters. The van der Waals surface area contributed by atoms with Gasteiger partial charge in [0.25, 0.3) is 0 Å². The molecule has 2 atom stereocenters. The van der Waals surface area contributed by atoms with Crippen LogP contribution in [0.15, 0.2) is 24.3 Å². The van der Waals surface area contributed by atoms with E-state index in [0.717, 1.165) is 5.56 Å². The molecule has 0 spiro atoms. The molecule has 0 aliphatic rings. The van der Waals surface area contributed by atoms with E-state index in [0.29, 0.717) is 5.56 Å². The summed E-state index contributed by atoms with van der Waals surface area (Å²) in [5, 5.41) is 12.2. The number of amides is 1. The molecule has 1 amide bonds. The first-order valence-electron chi connectivity index (χ1n) is 7.60. The Bertz CT molecular complexity index is 658. The Labute approximate surface area is 142 Å². The summed E-state index contributed by atoms with van der Waals surface area (Å²) in [5.41, 5.74) is -0.835. The average Bonchev–Trinajstić information content (AvgIpc) is 2.46. The highest BCUT2D eigenvalue weighted by Crippen LogP contribution is 2.31. The molecule has 24 heavy (non-hydrogen) atoms. The maximum absolute atomic E-state index is 12.4. The van der Waals surface area contributed by atoms with Crippen molar-refractivity contribution in [2.75, 3.05) is 7.11 Å². The van der Waals surface area contributed by atoms with Crippen LogP contribution in [0.5, 0.6) is 0 Å². The third-order valence-corrected chi connectivity index (χ3v) is 3.58. The number of nitrogens with zero attached hydrogens (tertiary/aromatic N) is 1. The van der Waals surface area contributed by atoms with E-state index in [1.807, 2.05) is 19.1 Å². The molecule has 0 saturated carbocycles. The minimum Gasteiger partial charge on any atom is -0.467 e. The van der Waals surface area contributed by atoms with Crippen LogP contribution in [0.3, 0.4) is 0 Å². The van der Waals surface area contributed by atoms with Gasteiger partial charge in [0, 0.05) is 0 Å². The fourth-order valence-corrected chi connectivity index (χ4v) is 2.39. The molecule has 0 aliphatic heterocycles. The lowest BCUT2D eigenvalue weighted by Gasteiger charge is -2.33. The molecule has 1 N–H and O–H groups in total. The van der Waals surface area contributed by atoms with Crippen molar-refractivity contribution in [2.24, 2.45) is 0 Å². The summed E-state index contributed by atoms with van der Waals surface area (Å²) in [4.78, 5) is 24.6. The number of hydrogen-bond acceptors (Lipinski definition) is 5. The van der Waals surface area contributed by atoms with Crippen LogP contribution in [0.25, 0.3) is 0 Å². The lowest BCUT2D eigenvalue weighted by molar-refractivity contribution is -0.148. The Morgan fingerprint density at radius 1 is 1.21 bits per heavy atom. The van der Waals surface area contributed by atoms with Crippen molar-refractivity contribution >= 4 is 12.1 Å². The highest BCUT2D eigenvalue weighted by atomic mass is 16.6. The third kappa shape index (κ3) is 4.48. The molecule has 0 aromatic heterocycles. The van der Waals surface area contributed by atoms with Crippen LogP contribution in [-0.2, 0) is 14.3 Å². The summed E-state index contributed by atoms with van der Waals surface area (Å²) in [6, 6.07) is 9.31. The van der Waals surface area contributed by atoms with E-state index in [-0.39, 0.29) is 0 Å². The average molecular weight is 332 g/mol. The number of nitriles is 1. The second-order valence-corrected chi connectivity index (χ2v) is 6.74. The van der Waals surface area contributed by atoms with Crippen molar-refractivity contribution in [3.05, 3.63) is 35.4 Å². The number of carbonyl (C=O) groups is 2. The second kappa shape index (κ2) is 7.35. The number of ether oxygens (including phenoxy) is 2. The first-order valence-corrected chi connectivity index (χ1v) is 7.60. The molecule has 0 aliphatic carbocycles. The number of hydrogen-bond donors (Lipinski definition) is 1. The molecule has 6 nitrogen and oxygen atoms in total. The van der Waals surface area contributed by atoms with E-state index in [2.05, 4.69) is 11.4 Å². The number of methoxy groups -OCH3 is 1. The molecule has 6 heteroatoms. The van der Waals surface area contributed by atoms with Crippen LogP contribution < -0.4 is 5.32 Å². The molecule has 1 aromatic rings. The van der Waals surface area contributed by atoms with Gasteiger partial charge in [-0.2, -0.15) is 5.26 Å². The van der Waals surface area contributed by atoms with Crippen molar-refractivity contribution in [3.63, 3.8) is 0 Å². The third-order valence-electron chi connectivity index (χ3n) is 3.58. The number of aryl methyl sites for hydroxylation is 1. The zero-order valence-corrected chi connectivity index (χ0v) is 15.0. The van der Waals surface area contributed by atoms with E-state index in [1.54, 1.807) is 32.9 Å². The Morgan fingerprint density at radius 3 is 2.25 bits per heavy atom. The number of rotatable bonds is 4. The highest BCUT2D eigenvalue weighted by molar-refractivity contribution is 5.87. The summed E-state index contributed by atoms with van der Waals surface area (Å²) in [6.45, 7) is 8.44. The summed E-state index contributed by atoms with van der Waals surface area (Å²) in [6.07, 6.45) is -0.788. The first kappa shape index (κ1) is 19.5. The van der Waals surface area contributed by atoms with Crippen molar-refractivity contribution < 1.29 is 19.1 Å². The lowest BCUT2D eigenvalue weighted by atomic mass is 9.79. The SMILES string of the molecule is COC(=O)C(C)(NC(=O)OC(C)(C)C)C(C#N)c1ccccc1C. The second-order valence-electron chi connectivity index (χ2n) is 6.74. The van der Waals surface area contributed by atoms with E-state index in [9.17, 15) is 14.9 Å². The maximum Gasteiger partial charge on any atom is 0.408 e. The van der Waals surface area contributed by atoms with Gasteiger partial charge < -0.3 is 14.8 Å². The van der Waals surface area contributed by atoms with Crippen LogP contribution in [-0.4, -0.2) is 30.3 Å². The monoisotopic (exact) mass is 332 g/mol. The van der Waals surface area contributed by atoms with E-state index in [1.165, 1.54) is 14.0 Å². The molecule has 0 heterocycles. The molecular weight excluding hydrogens is 308 g/mol. The van der Waals surface area contributed by atoms with Gasteiger partial charge in [-0.25, -0.2) is 9.59 Å². The van der Waals surface area contributed by atoms with Crippen LogP contribution >= 0.6 is 0 Å². The predicted molar refractivity (Wildman–Crippen MR) is 89.3 cm³/mol. The topological polar surface area (TPSA) is 88.4 Å². The van der Waals surface area contributed by atoms with Crippen molar-refractivity contribution in [3.8, 4) is 6.07 Å². The minimum absolute atomic E-state index is 0.643. The van der Waals surface area contributed by atoms with Gasteiger partial charge in [-0.3, -0.25) is 0 Å². The summed E-state index contributed by atoms with van der Waals surface area (Å²) in [7, 11) is 1.21. The minimum atomic E-state index is -1.59. The molecule has 130 valence electrons. The molecule has 1 aromatic carbocycles. The first-order chi connectivity index (χ1) is 11.0. The van der Waals surface area contributed by atoms with Crippen molar-refractivity contribution in [2.45, 2.75) is 51.7 Å². The molecule has 0 bridgehead atoms. The van der Waals surface area contributed by atoms with Gasteiger partial charge >= 0.3 is 12.1 Å². The molecular formula is C18H24N2O4. The largest absolute Gasteiger partial charge is 0.467 e. The van der Waals surface area contributed by atoms with Crippen LogP contribution in [0.4, 0.5) is 4.79 Å². The quantitative estimate of drug-likeness (QED) is 0.856. The van der Waals surface area contributed by atoms with Gasteiger partial charge in [0.05, 0.1) is 13.2 Å². The zero-order valence-electron chi connectivity index (χ0n) is 15.0. The van der Waals surface area contributed by atoms with Crippen LogP contribution in [0.1, 0.15) is 44.7 Å². The summed E-state index contributed by atoms with van der Waals surface area (Å²) >= 11 is 0. The number of esters is 1. The molecule has 0 saturated heterocycles. The standard InChI is InChI=1S/C18H24N2O4/c1-12-9-7-8-10-13(12)14(11-19)18(5,15(21)23-6)20-16(22)24-17(2,3)4/h7-10,14H,1-6H3,(H,20,22). The summed E-state index contributed by atoms with van der Waals surface area (Å²) < 4.78 is 10.1. The number of alkyl carbamates (subject to hydrolysis) is 1. The Hall–Kier alpha value is -2.55. The van der Waals surface area contributed by atoms with Gasteiger partial charge in [-0.1, -0.05) is 24.3 Å². The number of carbonyl (C=O) groups excluding carboxylic acids is 2. The normalized spacial score (nSPS) is 14.7. The maximum atomic E-state index is 12.4. The van der Waals surface area contributed by atoms with Crippen LogP contribution in [0.2, 0.25) is 0 Å². The fraction of sp³-hybridized carbons (Fsp3) is 0.500. The van der Waals surface area contributed by atoms with E-state index >= 15 is 0 Å². The van der Waals surface area contributed by atoms with Gasteiger partial charge in [-0.05, 0) is 45.7 Å². The van der Waals surface area contributed by atoms with Gasteiger partial charge in [0.1, 0.15) is 11.5 Å². The Kier molecular flexibility index (Phi) is 5.97. The van der Waals surface area contributed by atoms with Crippen LogP contribution in [0, 0.1) is 18.3 Å². The Balaban J connectivity index is 3.28. The van der Waals surface area contributed by atoms with Crippen molar-refractivity contribution in [1.29, 1.82) is 5.26 Å². The summed E-state index contributed by atoms with van der Waals surface area (Å²) in [5.74, 6) is -1.65. The predicted octanol–water partition coefficient (Wildman–Crippen LogP) is 3.06. The fourth-order valence-electron chi connectivity index (χ4n) is 2.39. The van der Waals surface area contributed by atoms with Crippen molar-refractivity contribution in [1.82, 2.24) is 5.32 Å². The smallest absolute Gasteiger partial charge is 0.408 e. The Morgan fingerprint density at radius 2 is 1.79 bits per heavy atom. The number of nitrogens with one attached hydrogen (secondary N) is 1. The van der Waals surface area contributed by atoms with Gasteiger partial charge in [0.15, 0.2) is 5.54 Å². The van der Waals surface area contributed by atoms with Gasteiger partial charge in [-0.15, -0.1) is 0 Å². The lowest BCUT2D eigenvalue weighted by Crippen LogP contribution is -2.57. The zero-order chi connectivity index (χ0) is 18.5. The highest BCUT2D eigenvalue weighted by Gasteiger charge is 2.46. The van der Waals surface area contributed by atoms with E-state index in [4.69, 9.17) is 9.47 Å². The molecule has 0 fully saturated rings. The van der Waals surface area contributed by atoms with E-state index < -0.39 is 29.1 Å². The van der Waals surface area contributed by atoms with Gasteiger partial charge in [0.2, 0.25) is 0 Å².